The molecule has 4 rings (SSSR count). The second-order valence-corrected chi connectivity index (χ2v) is 7.45. The highest BCUT2D eigenvalue weighted by molar-refractivity contribution is 5.90. The summed E-state index contributed by atoms with van der Waals surface area (Å²) in [5, 5.41) is 5.72. The second-order valence-electron chi connectivity index (χ2n) is 7.45. The molecule has 29 heavy (non-hydrogen) atoms. The molecule has 2 fully saturated rings. The molecule has 2 atom stereocenters. The van der Waals surface area contributed by atoms with Crippen molar-refractivity contribution < 1.29 is 19.1 Å². The Hall–Kier alpha value is -3.35. The number of rotatable bonds is 6. The molecule has 3 amide bonds. The molecule has 0 unspecified atom stereocenters. The average Bonchev–Trinajstić information content (AvgIpc) is 3.45. The van der Waals surface area contributed by atoms with Crippen LogP contribution in [0.4, 0.5) is 10.5 Å². The van der Waals surface area contributed by atoms with Gasteiger partial charge in [0.2, 0.25) is 11.8 Å². The van der Waals surface area contributed by atoms with Gasteiger partial charge in [-0.05, 0) is 36.1 Å². The van der Waals surface area contributed by atoms with Crippen molar-refractivity contribution in [3.63, 3.8) is 0 Å². The maximum absolute atomic E-state index is 13.0. The minimum atomic E-state index is -0.782. The van der Waals surface area contributed by atoms with Gasteiger partial charge in [-0.1, -0.05) is 42.5 Å². The molecule has 1 aliphatic carbocycles. The van der Waals surface area contributed by atoms with Gasteiger partial charge < -0.3 is 15.4 Å². The zero-order valence-electron chi connectivity index (χ0n) is 16.1. The fourth-order valence-electron chi connectivity index (χ4n) is 3.50. The first-order valence-electron chi connectivity index (χ1n) is 9.70. The zero-order valence-corrected chi connectivity index (χ0v) is 16.1. The molecule has 1 saturated heterocycles. The topological polar surface area (TPSA) is 87.7 Å². The molecule has 7 heteroatoms. The summed E-state index contributed by atoms with van der Waals surface area (Å²) in [6.07, 6.45) is 0.627. The molecule has 2 aliphatic rings. The molecule has 2 aromatic rings. The summed E-state index contributed by atoms with van der Waals surface area (Å²) in [7, 11) is 0. The van der Waals surface area contributed by atoms with Crippen molar-refractivity contribution in [3.05, 3.63) is 65.7 Å². The Bertz CT molecular complexity index is 927. The van der Waals surface area contributed by atoms with Crippen LogP contribution in [0.1, 0.15) is 37.0 Å². The molecule has 0 bridgehead atoms. The van der Waals surface area contributed by atoms with E-state index in [9.17, 15) is 14.4 Å². The standard InChI is InChI=1S/C22H23N3O4/c1-14(26)23-18-9-5-8-16(12-18)20-19(21(27)24-17-10-11-17)25(22(28)29-20)13-15-6-3-2-4-7-15/h2-9,12,17,19-20H,10-11,13H2,1H3,(H,23,26)(H,24,27)/t19-,20-/m0/s1. The van der Waals surface area contributed by atoms with Gasteiger partial charge in [-0.3, -0.25) is 14.5 Å². The predicted octanol–water partition coefficient (Wildman–Crippen LogP) is 2.99. The molecule has 150 valence electrons. The molecule has 0 spiro atoms. The van der Waals surface area contributed by atoms with Gasteiger partial charge in [-0.25, -0.2) is 4.79 Å². The van der Waals surface area contributed by atoms with E-state index in [1.165, 1.54) is 11.8 Å². The van der Waals surface area contributed by atoms with Crippen molar-refractivity contribution in [2.45, 2.75) is 44.5 Å². The summed E-state index contributed by atoms with van der Waals surface area (Å²) in [5.41, 5.74) is 2.17. The first kappa shape index (κ1) is 19.0. The van der Waals surface area contributed by atoms with Crippen molar-refractivity contribution in [3.8, 4) is 0 Å². The van der Waals surface area contributed by atoms with Crippen molar-refractivity contribution in [1.82, 2.24) is 10.2 Å². The van der Waals surface area contributed by atoms with Crippen LogP contribution in [-0.4, -0.2) is 34.9 Å². The number of carbonyl (C=O) groups is 3. The van der Waals surface area contributed by atoms with Gasteiger partial charge in [0, 0.05) is 18.7 Å². The largest absolute Gasteiger partial charge is 0.438 e. The fourth-order valence-corrected chi connectivity index (χ4v) is 3.50. The quantitative estimate of drug-likeness (QED) is 0.790. The van der Waals surface area contributed by atoms with Crippen molar-refractivity contribution in [1.29, 1.82) is 0 Å². The molecule has 1 aliphatic heterocycles. The van der Waals surface area contributed by atoms with E-state index >= 15 is 0 Å². The maximum Gasteiger partial charge on any atom is 0.411 e. The van der Waals surface area contributed by atoms with E-state index in [-0.39, 0.29) is 24.4 Å². The third-order valence-electron chi connectivity index (χ3n) is 5.01. The van der Waals surface area contributed by atoms with Gasteiger partial charge in [0.15, 0.2) is 12.1 Å². The molecule has 2 N–H and O–H groups in total. The summed E-state index contributed by atoms with van der Waals surface area (Å²) in [5.74, 6) is -0.413. The summed E-state index contributed by atoms with van der Waals surface area (Å²) < 4.78 is 5.64. The van der Waals surface area contributed by atoms with E-state index in [2.05, 4.69) is 10.6 Å². The molecule has 2 aromatic carbocycles. The van der Waals surface area contributed by atoms with Gasteiger partial charge in [-0.15, -0.1) is 0 Å². The van der Waals surface area contributed by atoms with Gasteiger partial charge in [0.25, 0.3) is 0 Å². The van der Waals surface area contributed by atoms with Gasteiger partial charge >= 0.3 is 6.09 Å². The van der Waals surface area contributed by atoms with E-state index in [0.29, 0.717) is 11.3 Å². The number of nitrogens with one attached hydrogen (secondary N) is 2. The van der Waals surface area contributed by atoms with Gasteiger partial charge in [-0.2, -0.15) is 0 Å². The molecular formula is C22H23N3O4. The number of benzene rings is 2. The Labute approximate surface area is 169 Å². The predicted molar refractivity (Wildman–Crippen MR) is 107 cm³/mol. The van der Waals surface area contributed by atoms with E-state index in [4.69, 9.17) is 4.74 Å². The van der Waals surface area contributed by atoms with Crippen LogP contribution in [-0.2, 0) is 20.9 Å². The summed E-state index contributed by atoms with van der Waals surface area (Å²) in [4.78, 5) is 38.6. The van der Waals surface area contributed by atoms with Crippen LogP contribution in [0.15, 0.2) is 54.6 Å². The molecule has 0 radical (unpaired) electrons. The minimum Gasteiger partial charge on any atom is -0.438 e. The number of cyclic esters (lactones) is 1. The third kappa shape index (κ3) is 4.39. The monoisotopic (exact) mass is 393 g/mol. The van der Waals surface area contributed by atoms with Crippen LogP contribution in [0.2, 0.25) is 0 Å². The Balaban J connectivity index is 1.63. The minimum absolute atomic E-state index is 0.170. The number of anilines is 1. The number of amides is 3. The number of hydrogen-bond donors (Lipinski definition) is 2. The van der Waals surface area contributed by atoms with Crippen LogP contribution in [0, 0.1) is 0 Å². The highest BCUT2D eigenvalue weighted by Crippen LogP contribution is 2.35. The van der Waals surface area contributed by atoms with Crippen LogP contribution in [0.5, 0.6) is 0 Å². The van der Waals surface area contributed by atoms with Crippen LogP contribution in [0.25, 0.3) is 0 Å². The summed E-state index contributed by atoms with van der Waals surface area (Å²) in [6, 6.07) is 16.0. The molecule has 1 heterocycles. The highest BCUT2D eigenvalue weighted by Gasteiger charge is 2.47. The van der Waals surface area contributed by atoms with Gasteiger partial charge in [0.05, 0.1) is 6.54 Å². The third-order valence-corrected chi connectivity index (χ3v) is 5.01. The lowest BCUT2D eigenvalue weighted by Gasteiger charge is -2.24. The average molecular weight is 393 g/mol. The Morgan fingerprint density at radius 2 is 1.86 bits per heavy atom. The second kappa shape index (κ2) is 7.95. The van der Waals surface area contributed by atoms with Crippen LogP contribution >= 0.6 is 0 Å². The van der Waals surface area contributed by atoms with E-state index in [0.717, 1.165) is 18.4 Å². The number of ether oxygens (including phenoxy) is 1. The van der Waals surface area contributed by atoms with Crippen LogP contribution < -0.4 is 10.6 Å². The maximum atomic E-state index is 13.0. The van der Waals surface area contributed by atoms with Crippen molar-refractivity contribution in [2.75, 3.05) is 5.32 Å². The van der Waals surface area contributed by atoms with E-state index in [1.54, 1.807) is 24.3 Å². The molecule has 1 saturated carbocycles. The lowest BCUT2D eigenvalue weighted by molar-refractivity contribution is -0.126. The number of hydrogen-bond acceptors (Lipinski definition) is 4. The number of nitrogens with zero attached hydrogens (tertiary/aromatic N) is 1. The Kier molecular flexibility index (Phi) is 5.20. The Morgan fingerprint density at radius 1 is 1.10 bits per heavy atom. The van der Waals surface area contributed by atoms with Crippen molar-refractivity contribution >= 4 is 23.6 Å². The molecular weight excluding hydrogens is 370 g/mol. The first-order chi connectivity index (χ1) is 14.0. The molecule has 7 nitrogen and oxygen atoms in total. The lowest BCUT2D eigenvalue weighted by Crippen LogP contribution is -2.46. The number of carbonyl (C=O) groups excluding carboxylic acids is 3. The van der Waals surface area contributed by atoms with Crippen molar-refractivity contribution in [2.24, 2.45) is 0 Å². The van der Waals surface area contributed by atoms with E-state index < -0.39 is 18.2 Å². The fraction of sp³-hybridized carbons (Fsp3) is 0.318. The van der Waals surface area contributed by atoms with E-state index in [1.807, 2.05) is 30.3 Å². The normalized spacial score (nSPS) is 20.9. The highest BCUT2D eigenvalue weighted by atomic mass is 16.6. The SMILES string of the molecule is CC(=O)Nc1cccc([C@@H]2OC(=O)N(Cc3ccccc3)[C@@H]2C(=O)NC2CC2)c1. The first-order valence-corrected chi connectivity index (χ1v) is 9.70. The summed E-state index contributed by atoms with van der Waals surface area (Å²) in [6.45, 7) is 1.71. The lowest BCUT2D eigenvalue weighted by atomic mass is 10.00. The smallest absolute Gasteiger partial charge is 0.411 e. The van der Waals surface area contributed by atoms with Gasteiger partial charge in [0.1, 0.15) is 0 Å². The van der Waals surface area contributed by atoms with Crippen LogP contribution in [0.3, 0.4) is 0 Å². The zero-order chi connectivity index (χ0) is 20.4. The summed E-state index contributed by atoms with van der Waals surface area (Å²) >= 11 is 0. The Morgan fingerprint density at radius 3 is 2.55 bits per heavy atom. The molecule has 0 aromatic heterocycles.